The molecule has 0 aliphatic rings. The highest BCUT2D eigenvalue weighted by Crippen LogP contribution is 2.22. The molecule has 19 heavy (non-hydrogen) atoms. The summed E-state index contributed by atoms with van der Waals surface area (Å²) in [5.74, 6) is 1.71. The van der Waals surface area contributed by atoms with Crippen molar-refractivity contribution in [3.05, 3.63) is 52.1 Å². The van der Waals surface area contributed by atoms with Crippen LogP contribution in [0.4, 0.5) is 5.69 Å². The molecule has 0 saturated carbocycles. The second kappa shape index (κ2) is 7.23. The smallest absolute Gasteiger partial charge is 0.142 e. The Morgan fingerprint density at radius 1 is 0.947 bits per heavy atom. The van der Waals surface area contributed by atoms with Crippen molar-refractivity contribution in [1.29, 1.82) is 0 Å². The zero-order chi connectivity index (χ0) is 13.5. The van der Waals surface area contributed by atoms with E-state index in [2.05, 4.69) is 27.9 Å². The number of anilines is 1. The Hall–Kier alpha value is -1.43. The molecule has 0 saturated heterocycles. The van der Waals surface area contributed by atoms with E-state index in [0.717, 1.165) is 17.2 Å². The summed E-state index contributed by atoms with van der Waals surface area (Å²) in [7, 11) is 1.88. The molecule has 0 atom stereocenters. The van der Waals surface area contributed by atoms with Crippen LogP contribution in [-0.2, 0) is 0 Å². The Kier molecular flexibility index (Phi) is 5.32. The first-order valence-electron chi connectivity index (χ1n) is 6.07. The zero-order valence-corrected chi connectivity index (χ0v) is 12.9. The lowest BCUT2D eigenvalue weighted by Crippen LogP contribution is -2.09. The Balaban J connectivity index is 1.79. The highest BCUT2D eigenvalue weighted by Gasteiger charge is 2.00. The number of hydrogen-bond acceptors (Lipinski definition) is 3. The lowest BCUT2D eigenvalue weighted by atomic mass is 10.3. The quantitative estimate of drug-likeness (QED) is 0.621. The number of halogens is 1. The monoisotopic (exact) mass is 369 g/mol. The van der Waals surface area contributed by atoms with Crippen LogP contribution in [0.25, 0.3) is 0 Å². The van der Waals surface area contributed by atoms with Crippen LogP contribution in [0.3, 0.4) is 0 Å². The minimum absolute atomic E-state index is 0.519. The van der Waals surface area contributed by atoms with Crippen molar-refractivity contribution in [3.63, 3.8) is 0 Å². The lowest BCUT2D eigenvalue weighted by Gasteiger charge is -2.11. The molecule has 0 radical (unpaired) electrons. The zero-order valence-electron chi connectivity index (χ0n) is 10.7. The third-order valence-electron chi connectivity index (χ3n) is 2.58. The Labute approximate surface area is 127 Å². The maximum atomic E-state index is 5.68. The number of hydrogen-bond donors (Lipinski definition) is 1. The van der Waals surface area contributed by atoms with E-state index in [9.17, 15) is 0 Å². The molecule has 0 unspecified atom stereocenters. The van der Waals surface area contributed by atoms with Gasteiger partial charge in [-0.1, -0.05) is 12.1 Å². The molecule has 2 aromatic rings. The van der Waals surface area contributed by atoms with Crippen LogP contribution in [-0.4, -0.2) is 20.3 Å². The van der Waals surface area contributed by atoms with E-state index in [1.54, 1.807) is 0 Å². The maximum Gasteiger partial charge on any atom is 0.142 e. The van der Waals surface area contributed by atoms with E-state index in [-0.39, 0.29) is 0 Å². The first-order valence-corrected chi connectivity index (χ1v) is 7.15. The van der Waals surface area contributed by atoms with Gasteiger partial charge in [0.1, 0.15) is 24.7 Å². The van der Waals surface area contributed by atoms with Gasteiger partial charge in [0, 0.05) is 10.6 Å². The van der Waals surface area contributed by atoms with Crippen molar-refractivity contribution >= 4 is 28.3 Å². The van der Waals surface area contributed by atoms with Gasteiger partial charge in [0.25, 0.3) is 0 Å². The Bertz CT molecular complexity index is 514. The van der Waals surface area contributed by atoms with Crippen LogP contribution in [0.5, 0.6) is 11.5 Å². The summed E-state index contributed by atoms with van der Waals surface area (Å²) in [6, 6.07) is 15.8. The summed E-state index contributed by atoms with van der Waals surface area (Å²) >= 11 is 2.27. The van der Waals surface area contributed by atoms with Crippen LogP contribution in [0.1, 0.15) is 0 Å². The first kappa shape index (κ1) is 14.0. The number of rotatable bonds is 6. The summed E-state index contributed by atoms with van der Waals surface area (Å²) in [5.41, 5.74) is 0.983. The fourth-order valence-electron chi connectivity index (χ4n) is 1.64. The van der Waals surface area contributed by atoms with Crippen molar-refractivity contribution in [2.45, 2.75) is 0 Å². The molecule has 2 aromatic carbocycles. The van der Waals surface area contributed by atoms with E-state index in [4.69, 9.17) is 9.47 Å². The minimum atomic E-state index is 0.519. The van der Waals surface area contributed by atoms with E-state index in [1.807, 2.05) is 55.6 Å². The molecule has 2 rings (SSSR count). The SMILES string of the molecule is CNc1ccccc1OCCOc1ccc(I)cc1. The molecule has 0 heterocycles. The van der Waals surface area contributed by atoms with Gasteiger partial charge in [0.15, 0.2) is 0 Å². The minimum Gasteiger partial charge on any atom is -0.490 e. The summed E-state index contributed by atoms with van der Waals surface area (Å²) in [6.45, 7) is 1.04. The van der Waals surface area contributed by atoms with Crippen LogP contribution in [0, 0.1) is 3.57 Å². The molecule has 0 spiro atoms. The van der Waals surface area contributed by atoms with Crippen molar-refractivity contribution in [2.24, 2.45) is 0 Å². The highest BCUT2D eigenvalue weighted by atomic mass is 127. The lowest BCUT2D eigenvalue weighted by molar-refractivity contribution is 0.218. The fraction of sp³-hybridized carbons (Fsp3) is 0.200. The van der Waals surface area contributed by atoms with Crippen LogP contribution in [0.15, 0.2) is 48.5 Å². The number of ether oxygens (including phenoxy) is 2. The average Bonchev–Trinajstić information content (AvgIpc) is 2.46. The van der Waals surface area contributed by atoms with E-state index in [1.165, 1.54) is 3.57 Å². The third-order valence-corrected chi connectivity index (χ3v) is 3.30. The van der Waals surface area contributed by atoms with Gasteiger partial charge in [0.2, 0.25) is 0 Å². The van der Waals surface area contributed by atoms with Gasteiger partial charge in [-0.2, -0.15) is 0 Å². The first-order chi connectivity index (χ1) is 9.29. The molecule has 0 aromatic heterocycles. The molecular weight excluding hydrogens is 353 g/mol. The summed E-state index contributed by atoms with van der Waals surface area (Å²) in [6.07, 6.45) is 0. The summed E-state index contributed by atoms with van der Waals surface area (Å²) in [4.78, 5) is 0. The van der Waals surface area contributed by atoms with Gasteiger partial charge < -0.3 is 14.8 Å². The molecule has 0 aliphatic carbocycles. The Morgan fingerprint density at radius 2 is 1.63 bits per heavy atom. The fourth-order valence-corrected chi connectivity index (χ4v) is 2.00. The van der Waals surface area contributed by atoms with Gasteiger partial charge in [-0.25, -0.2) is 0 Å². The van der Waals surface area contributed by atoms with Crippen molar-refractivity contribution in [1.82, 2.24) is 0 Å². The molecule has 1 N–H and O–H groups in total. The third kappa shape index (κ3) is 4.31. The molecule has 4 heteroatoms. The number of nitrogens with one attached hydrogen (secondary N) is 1. The molecule has 0 amide bonds. The van der Waals surface area contributed by atoms with Gasteiger partial charge in [-0.3, -0.25) is 0 Å². The van der Waals surface area contributed by atoms with Gasteiger partial charge in [0.05, 0.1) is 5.69 Å². The summed E-state index contributed by atoms with van der Waals surface area (Å²) in [5, 5.41) is 3.09. The van der Waals surface area contributed by atoms with Gasteiger partial charge in [-0.05, 0) is 59.0 Å². The summed E-state index contributed by atoms with van der Waals surface area (Å²) < 4.78 is 12.5. The predicted molar refractivity (Wildman–Crippen MR) is 86.1 cm³/mol. The maximum absolute atomic E-state index is 5.68. The Morgan fingerprint density at radius 3 is 2.37 bits per heavy atom. The van der Waals surface area contributed by atoms with Crippen molar-refractivity contribution < 1.29 is 9.47 Å². The molecule has 0 fully saturated rings. The van der Waals surface area contributed by atoms with E-state index < -0.39 is 0 Å². The molecule has 3 nitrogen and oxygen atoms in total. The van der Waals surface area contributed by atoms with Crippen LogP contribution >= 0.6 is 22.6 Å². The second-order valence-electron chi connectivity index (χ2n) is 3.90. The van der Waals surface area contributed by atoms with Crippen LogP contribution in [0.2, 0.25) is 0 Å². The van der Waals surface area contributed by atoms with Crippen molar-refractivity contribution in [2.75, 3.05) is 25.6 Å². The number of para-hydroxylation sites is 2. The molecule has 0 aliphatic heterocycles. The number of benzene rings is 2. The highest BCUT2D eigenvalue weighted by molar-refractivity contribution is 14.1. The van der Waals surface area contributed by atoms with Gasteiger partial charge in [-0.15, -0.1) is 0 Å². The average molecular weight is 369 g/mol. The van der Waals surface area contributed by atoms with Gasteiger partial charge >= 0.3 is 0 Å². The standard InChI is InChI=1S/C15H16INO2/c1-17-14-4-2-3-5-15(14)19-11-10-18-13-8-6-12(16)7-9-13/h2-9,17H,10-11H2,1H3. The molecule has 0 bridgehead atoms. The largest absolute Gasteiger partial charge is 0.490 e. The van der Waals surface area contributed by atoms with Crippen molar-refractivity contribution in [3.8, 4) is 11.5 Å². The molecule has 100 valence electrons. The van der Waals surface area contributed by atoms with E-state index in [0.29, 0.717) is 13.2 Å². The second-order valence-corrected chi connectivity index (χ2v) is 5.14. The topological polar surface area (TPSA) is 30.5 Å². The normalized spacial score (nSPS) is 10.0. The predicted octanol–water partition coefficient (Wildman–Crippen LogP) is 3.79. The van der Waals surface area contributed by atoms with Crippen LogP contribution < -0.4 is 14.8 Å². The van der Waals surface area contributed by atoms with E-state index >= 15 is 0 Å². The molecular formula is C15H16INO2.